The Morgan fingerprint density at radius 2 is 2.38 bits per heavy atom. The summed E-state index contributed by atoms with van der Waals surface area (Å²) in [5, 5.41) is 16.9. The molecule has 0 bridgehead atoms. The average Bonchev–Trinajstić information content (AvgIpc) is 2.73. The van der Waals surface area contributed by atoms with Gasteiger partial charge in [-0.15, -0.1) is 10.2 Å². The topological polar surface area (TPSA) is 75.6 Å². The SMILES string of the molecule is Cc1nnc(SCc2cccnc2C#N)o1. The number of nitriles is 1. The molecule has 6 heteroatoms. The predicted octanol–water partition coefficient (Wildman–Crippen LogP) is 1.94. The van der Waals surface area contributed by atoms with Gasteiger partial charge in [-0.05, 0) is 11.6 Å². The third-order valence-electron chi connectivity index (χ3n) is 1.86. The summed E-state index contributed by atoms with van der Waals surface area (Å²) < 4.78 is 5.22. The Kier molecular flexibility index (Phi) is 3.17. The molecule has 2 heterocycles. The molecule has 5 nitrogen and oxygen atoms in total. The number of hydrogen-bond acceptors (Lipinski definition) is 6. The van der Waals surface area contributed by atoms with Crippen molar-refractivity contribution in [3.63, 3.8) is 0 Å². The van der Waals surface area contributed by atoms with Crippen LogP contribution >= 0.6 is 11.8 Å². The summed E-state index contributed by atoms with van der Waals surface area (Å²) in [5.74, 6) is 1.13. The molecule has 0 spiro atoms. The molecular weight excluding hydrogens is 224 g/mol. The Morgan fingerprint density at radius 3 is 3.06 bits per heavy atom. The highest BCUT2D eigenvalue weighted by Gasteiger charge is 2.06. The first-order valence-corrected chi connectivity index (χ1v) is 5.55. The molecule has 80 valence electrons. The Morgan fingerprint density at radius 1 is 1.50 bits per heavy atom. The first-order valence-electron chi connectivity index (χ1n) is 4.56. The van der Waals surface area contributed by atoms with Crippen LogP contribution in [0.3, 0.4) is 0 Å². The number of pyridine rings is 1. The number of nitrogens with zero attached hydrogens (tertiary/aromatic N) is 4. The fraction of sp³-hybridized carbons (Fsp3) is 0.200. The maximum Gasteiger partial charge on any atom is 0.276 e. The maximum atomic E-state index is 8.85. The van der Waals surface area contributed by atoms with Crippen LogP contribution in [0.25, 0.3) is 0 Å². The molecule has 0 saturated heterocycles. The van der Waals surface area contributed by atoms with Gasteiger partial charge in [-0.1, -0.05) is 17.8 Å². The molecule has 2 aromatic heterocycles. The van der Waals surface area contributed by atoms with E-state index < -0.39 is 0 Å². The fourth-order valence-corrected chi connectivity index (χ4v) is 1.92. The van der Waals surface area contributed by atoms with Crippen LogP contribution in [0.15, 0.2) is 28.0 Å². The average molecular weight is 232 g/mol. The molecule has 0 fully saturated rings. The fourth-order valence-electron chi connectivity index (χ4n) is 1.13. The van der Waals surface area contributed by atoms with E-state index >= 15 is 0 Å². The highest BCUT2D eigenvalue weighted by Crippen LogP contribution is 2.22. The highest BCUT2D eigenvalue weighted by molar-refractivity contribution is 7.98. The molecule has 0 atom stereocenters. The van der Waals surface area contributed by atoms with E-state index in [1.165, 1.54) is 11.8 Å². The largest absolute Gasteiger partial charge is 0.416 e. The number of hydrogen-bond donors (Lipinski definition) is 0. The van der Waals surface area contributed by atoms with Crippen molar-refractivity contribution in [2.24, 2.45) is 0 Å². The van der Waals surface area contributed by atoms with Gasteiger partial charge >= 0.3 is 0 Å². The van der Waals surface area contributed by atoms with Gasteiger partial charge in [0.1, 0.15) is 11.8 Å². The van der Waals surface area contributed by atoms with E-state index in [-0.39, 0.29) is 0 Å². The summed E-state index contributed by atoms with van der Waals surface area (Å²) in [4.78, 5) is 3.97. The van der Waals surface area contributed by atoms with Gasteiger partial charge in [-0.25, -0.2) is 4.98 Å². The number of thioether (sulfide) groups is 1. The third-order valence-corrected chi connectivity index (χ3v) is 2.72. The highest BCUT2D eigenvalue weighted by atomic mass is 32.2. The molecule has 0 aliphatic carbocycles. The number of aromatic nitrogens is 3. The molecule has 0 amide bonds. The Bertz CT molecular complexity index is 532. The molecule has 0 unspecified atom stereocenters. The minimum Gasteiger partial charge on any atom is -0.416 e. The predicted molar refractivity (Wildman–Crippen MR) is 57.5 cm³/mol. The lowest BCUT2D eigenvalue weighted by Gasteiger charge is -1.99. The van der Waals surface area contributed by atoms with Gasteiger partial charge in [-0.3, -0.25) is 0 Å². The normalized spacial score (nSPS) is 10.0. The van der Waals surface area contributed by atoms with Gasteiger partial charge in [0.25, 0.3) is 5.22 Å². The van der Waals surface area contributed by atoms with E-state index in [9.17, 15) is 0 Å². The standard InChI is InChI=1S/C10H8N4OS/c1-7-13-14-10(15-7)16-6-8-3-2-4-12-9(8)5-11/h2-4H,6H2,1H3. The van der Waals surface area contributed by atoms with E-state index in [1.807, 2.05) is 12.1 Å². The van der Waals surface area contributed by atoms with E-state index in [0.29, 0.717) is 22.6 Å². The van der Waals surface area contributed by atoms with Crippen molar-refractivity contribution in [3.05, 3.63) is 35.5 Å². The molecule has 0 radical (unpaired) electrons. The van der Waals surface area contributed by atoms with Crippen LogP contribution in [0.2, 0.25) is 0 Å². The molecule has 2 rings (SSSR count). The minimum atomic E-state index is 0.436. The smallest absolute Gasteiger partial charge is 0.276 e. The first-order chi connectivity index (χ1) is 7.79. The second-order valence-electron chi connectivity index (χ2n) is 3.00. The molecular formula is C10H8N4OS. The second kappa shape index (κ2) is 4.77. The van der Waals surface area contributed by atoms with Crippen molar-refractivity contribution in [1.82, 2.24) is 15.2 Å². The van der Waals surface area contributed by atoms with Gasteiger partial charge in [0.05, 0.1) is 0 Å². The van der Waals surface area contributed by atoms with Crippen molar-refractivity contribution in [3.8, 4) is 6.07 Å². The van der Waals surface area contributed by atoms with Crippen LogP contribution in [-0.2, 0) is 5.75 Å². The lowest BCUT2D eigenvalue weighted by atomic mass is 10.2. The molecule has 0 aromatic carbocycles. The van der Waals surface area contributed by atoms with Crippen molar-refractivity contribution >= 4 is 11.8 Å². The summed E-state index contributed by atoms with van der Waals surface area (Å²) in [6, 6.07) is 5.71. The number of rotatable bonds is 3. The monoisotopic (exact) mass is 232 g/mol. The lowest BCUT2D eigenvalue weighted by Crippen LogP contribution is -1.90. The Labute approximate surface area is 96.5 Å². The molecule has 0 N–H and O–H groups in total. The lowest BCUT2D eigenvalue weighted by molar-refractivity contribution is 0.429. The summed E-state index contributed by atoms with van der Waals surface area (Å²) in [6.45, 7) is 1.74. The minimum absolute atomic E-state index is 0.436. The van der Waals surface area contributed by atoms with Gasteiger partial charge in [0.15, 0.2) is 0 Å². The summed E-state index contributed by atoms with van der Waals surface area (Å²) in [5.41, 5.74) is 1.30. The summed E-state index contributed by atoms with van der Waals surface area (Å²) in [6.07, 6.45) is 1.60. The van der Waals surface area contributed by atoms with Gasteiger partial charge < -0.3 is 4.42 Å². The molecule has 0 aliphatic heterocycles. The van der Waals surface area contributed by atoms with Crippen LogP contribution in [-0.4, -0.2) is 15.2 Å². The van der Waals surface area contributed by atoms with Crippen LogP contribution in [0.5, 0.6) is 0 Å². The zero-order valence-corrected chi connectivity index (χ0v) is 9.36. The summed E-state index contributed by atoms with van der Waals surface area (Å²) >= 11 is 1.39. The zero-order valence-electron chi connectivity index (χ0n) is 8.54. The Balaban J connectivity index is 2.08. The van der Waals surface area contributed by atoms with Gasteiger partial charge in [0.2, 0.25) is 5.89 Å². The van der Waals surface area contributed by atoms with Crippen molar-refractivity contribution < 1.29 is 4.42 Å². The van der Waals surface area contributed by atoms with Crippen LogP contribution in [0.4, 0.5) is 0 Å². The Hall–Kier alpha value is -1.87. The van der Waals surface area contributed by atoms with E-state index in [0.717, 1.165) is 5.56 Å². The molecule has 0 aliphatic rings. The quantitative estimate of drug-likeness (QED) is 0.753. The molecule has 16 heavy (non-hydrogen) atoms. The van der Waals surface area contributed by atoms with Crippen LogP contribution in [0, 0.1) is 18.3 Å². The van der Waals surface area contributed by atoms with Crippen LogP contribution < -0.4 is 0 Å². The van der Waals surface area contributed by atoms with Crippen molar-refractivity contribution in [1.29, 1.82) is 5.26 Å². The molecule has 2 aromatic rings. The maximum absolute atomic E-state index is 8.85. The van der Waals surface area contributed by atoms with Gasteiger partial charge in [-0.2, -0.15) is 5.26 Å². The third kappa shape index (κ3) is 2.38. The van der Waals surface area contributed by atoms with E-state index in [4.69, 9.17) is 9.68 Å². The van der Waals surface area contributed by atoms with E-state index in [1.54, 1.807) is 19.2 Å². The molecule has 0 saturated carbocycles. The van der Waals surface area contributed by atoms with Crippen molar-refractivity contribution in [2.75, 3.05) is 0 Å². The zero-order chi connectivity index (χ0) is 11.4. The number of aryl methyl sites for hydroxylation is 1. The van der Waals surface area contributed by atoms with Crippen molar-refractivity contribution in [2.45, 2.75) is 17.9 Å². The van der Waals surface area contributed by atoms with E-state index in [2.05, 4.69) is 15.2 Å². The second-order valence-corrected chi connectivity index (χ2v) is 3.93. The summed E-state index contributed by atoms with van der Waals surface area (Å²) in [7, 11) is 0. The van der Waals surface area contributed by atoms with Gasteiger partial charge in [0, 0.05) is 18.9 Å². The van der Waals surface area contributed by atoms with Crippen LogP contribution in [0.1, 0.15) is 17.1 Å². The first kappa shape index (κ1) is 10.6.